The van der Waals surface area contributed by atoms with Crippen LogP contribution in [0.25, 0.3) is 0 Å². The second kappa shape index (κ2) is 6.91. The molecule has 1 aromatic rings. The number of nitrogens with one attached hydrogen (secondary N) is 1. The Balaban J connectivity index is 2.79. The lowest BCUT2D eigenvalue weighted by Crippen LogP contribution is -2.36. The van der Waals surface area contributed by atoms with E-state index in [-0.39, 0.29) is 0 Å². The molecule has 2 unspecified atom stereocenters. The molecule has 2 heteroatoms. The fourth-order valence-electron chi connectivity index (χ4n) is 2.12. The maximum absolute atomic E-state index is 3.43. The van der Waals surface area contributed by atoms with Crippen LogP contribution in [0.15, 0.2) is 18.2 Å². The topological polar surface area (TPSA) is 15.3 Å². The van der Waals surface area contributed by atoms with Gasteiger partial charge in [0.05, 0.1) is 0 Å². The van der Waals surface area contributed by atoms with Crippen LogP contribution in [0.4, 0.5) is 0 Å². The molecule has 0 fully saturated rings. The van der Waals surface area contributed by atoms with Gasteiger partial charge in [0.1, 0.15) is 0 Å². The Morgan fingerprint density at radius 2 is 1.89 bits per heavy atom. The summed E-state index contributed by atoms with van der Waals surface area (Å²) in [6.45, 7) is 9.93. The van der Waals surface area contributed by atoms with Crippen molar-refractivity contribution in [3.8, 4) is 0 Å². The van der Waals surface area contributed by atoms with Crippen LogP contribution in [-0.4, -0.2) is 31.6 Å². The van der Waals surface area contributed by atoms with Gasteiger partial charge in [-0.3, -0.25) is 0 Å². The van der Waals surface area contributed by atoms with Crippen LogP contribution in [0.5, 0.6) is 0 Å². The first-order chi connectivity index (χ1) is 8.49. The van der Waals surface area contributed by atoms with E-state index in [4.69, 9.17) is 0 Å². The van der Waals surface area contributed by atoms with E-state index in [9.17, 15) is 0 Å². The molecule has 0 aliphatic carbocycles. The van der Waals surface area contributed by atoms with E-state index in [1.807, 2.05) is 7.05 Å². The van der Waals surface area contributed by atoms with Crippen molar-refractivity contribution in [2.24, 2.45) is 0 Å². The van der Waals surface area contributed by atoms with Crippen LogP contribution in [0, 0.1) is 13.8 Å². The SMILES string of the molecule is CCC(C)N(C)CC(NC)c1ccc(C)c(C)c1. The third-order valence-corrected chi connectivity index (χ3v) is 4.10. The molecule has 102 valence electrons. The summed E-state index contributed by atoms with van der Waals surface area (Å²) in [5.41, 5.74) is 4.12. The maximum atomic E-state index is 3.43. The van der Waals surface area contributed by atoms with Crippen LogP contribution in [0.2, 0.25) is 0 Å². The van der Waals surface area contributed by atoms with Gasteiger partial charge in [-0.15, -0.1) is 0 Å². The summed E-state index contributed by atoms with van der Waals surface area (Å²) in [6.07, 6.45) is 1.19. The number of nitrogens with zero attached hydrogens (tertiary/aromatic N) is 1. The van der Waals surface area contributed by atoms with Gasteiger partial charge in [0.15, 0.2) is 0 Å². The normalized spacial score (nSPS) is 14.8. The fourth-order valence-corrected chi connectivity index (χ4v) is 2.12. The van der Waals surface area contributed by atoms with Crippen LogP contribution in [-0.2, 0) is 0 Å². The van der Waals surface area contributed by atoms with Crippen molar-refractivity contribution in [3.63, 3.8) is 0 Å². The van der Waals surface area contributed by atoms with E-state index >= 15 is 0 Å². The maximum Gasteiger partial charge on any atom is 0.0446 e. The molecule has 0 aromatic heterocycles. The Labute approximate surface area is 112 Å². The Morgan fingerprint density at radius 3 is 2.39 bits per heavy atom. The zero-order chi connectivity index (χ0) is 13.7. The van der Waals surface area contributed by atoms with Crippen molar-refractivity contribution < 1.29 is 0 Å². The number of hydrogen-bond donors (Lipinski definition) is 1. The van der Waals surface area contributed by atoms with Crippen LogP contribution < -0.4 is 5.32 Å². The molecule has 0 spiro atoms. The minimum atomic E-state index is 0.406. The fraction of sp³-hybridized carbons (Fsp3) is 0.625. The molecule has 1 rings (SSSR count). The van der Waals surface area contributed by atoms with E-state index in [0.717, 1.165) is 6.54 Å². The van der Waals surface area contributed by atoms with Crippen LogP contribution in [0.3, 0.4) is 0 Å². The van der Waals surface area contributed by atoms with Crippen molar-refractivity contribution in [2.45, 2.75) is 46.2 Å². The molecule has 0 radical (unpaired) electrons. The van der Waals surface area contributed by atoms with Crippen LogP contribution in [0.1, 0.15) is 43.0 Å². The van der Waals surface area contributed by atoms with Gasteiger partial charge in [0, 0.05) is 18.6 Å². The number of benzene rings is 1. The minimum Gasteiger partial charge on any atom is -0.312 e. The highest BCUT2D eigenvalue weighted by Crippen LogP contribution is 2.18. The van der Waals surface area contributed by atoms with Gasteiger partial charge in [-0.25, -0.2) is 0 Å². The van der Waals surface area contributed by atoms with E-state index in [0.29, 0.717) is 12.1 Å². The predicted octanol–water partition coefficient (Wildman–Crippen LogP) is 3.29. The third-order valence-electron chi connectivity index (χ3n) is 4.10. The molecule has 0 heterocycles. The molecule has 0 saturated heterocycles. The van der Waals surface area contributed by atoms with E-state index in [1.165, 1.54) is 23.1 Å². The predicted molar refractivity (Wildman–Crippen MR) is 80.1 cm³/mol. The van der Waals surface area contributed by atoms with Gasteiger partial charge in [-0.05, 0) is 58.0 Å². The van der Waals surface area contributed by atoms with Crippen LogP contribution >= 0.6 is 0 Å². The first-order valence-corrected chi connectivity index (χ1v) is 6.94. The van der Waals surface area contributed by atoms with Crippen molar-refractivity contribution in [3.05, 3.63) is 34.9 Å². The Kier molecular flexibility index (Phi) is 5.83. The summed E-state index contributed by atoms with van der Waals surface area (Å²) in [5.74, 6) is 0. The second-order valence-corrected chi connectivity index (χ2v) is 5.38. The van der Waals surface area contributed by atoms with Crippen molar-refractivity contribution in [1.29, 1.82) is 0 Å². The van der Waals surface area contributed by atoms with Gasteiger partial charge in [0.25, 0.3) is 0 Å². The average molecular weight is 248 g/mol. The van der Waals surface area contributed by atoms with Gasteiger partial charge in [0.2, 0.25) is 0 Å². The highest BCUT2D eigenvalue weighted by molar-refractivity contribution is 5.31. The average Bonchev–Trinajstić information content (AvgIpc) is 2.38. The highest BCUT2D eigenvalue weighted by Gasteiger charge is 2.15. The Hall–Kier alpha value is -0.860. The molecule has 2 nitrogen and oxygen atoms in total. The third kappa shape index (κ3) is 3.82. The quantitative estimate of drug-likeness (QED) is 0.831. The zero-order valence-corrected chi connectivity index (χ0v) is 12.7. The first kappa shape index (κ1) is 15.2. The molecule has 1 aromatic carbocycles. The second-order valence-electron chi connectivity index (χ2n) is 5.38. The summed E-state index contributed by atoms with van der Waals surface area (Å²) in [7, 11) is 4.25. The van der Waals surface area contributed by atoms with Crippen molar-refractivity contribution in [1.82, 2.24) is 10.2 Å². The molecule has 0 aliphatic rings. The largest absolute Gasteiger partial charge is 0.312 e. The van der Waals surface area contributed by atoms with Gasteiger partial charge < -0.3 is 10.2 Å². The molecule has 0 aliphatic heterocycles. The summed E-state index contributed by atoms with van der Waals surface area (Å²) < 4.78 is 0. The number of aryl methyl sites for hydroxylation is 2. The van der Waals surface area contributed by atoms with Gasteiger partial charge in [-0.1, -0.05) is 25.1 Å². The van der Waals surface area contributed by atoms with Crippen molar-refractivity contribution in [2.75, 3.05) is 20.6 Å². The molecular formula is C16H28N2. The lowest BCUT2D eigenvalue weighted by molar-refractivity contribution is 0.228. The van der Waals surface area contributed by atoms with E-state index in [2.05, 4.69) is 63.2 Å². The molecule has 18 heavy (non-hydrogen) atoms. The first-order valence-electron chi connectivity index (χ1n) is 6.94. The molecule has 2 atom stereocenters. The summed E-state index contributed by atoms with van der Waals surface area (Å²) in [5, 5.41) is 3.43. The highest BCUT2D eigenvalue weighted by atomic mass is 15.1. The lowest BCUT2D eigenvalue weighted by atomic mass is 10.0. The molecule has 0 amide bonds. The summed E-state index contributed by atoms with van der Waals surface area (Å²) >= 11 is 0. The standard InChI is InChI=1S/C16H28N2/c1-7-14(4)18(6)11-16(17-5)15-9-8-12(2)13(3)10-15/h8-10,14,16-17H,7,11H2,1-6H3. The van der Waals surface area contributed by atoms with E-state index < -0.39 is 0 Å². The monoisotopic (exact) mass is 248 g/mol. The van der Waals surface area contributed by atoms with Gasteiger partial charge in [-0.2, -0.15) is 0 Å². The minimum absolute atomic E-state index is 0.406. The molecule has 1 N–H and O–H groups in total. The zero-order valence-electron chi connectivity index (χ0n) is 12.7. The molecule has 0 saturated carbocycles. The summed E-state index contributed by atoms with van der Waals surface area (Å²) in [4.78, 5) is 2.43. The van der Waals surface area contributed by atoms with Gasteiger partial charge >= 0.3 is 0 Å². The van der Waals surface area contributed by atoms with Crippen molar-refractivity contribution >= 4 is 0 Å². The number of hydrogen-bond acceptors (Lipinski definition) is 2. The smallest absolute Gasteiger partial charge is 0.0446 e. The summed E-state index contributed by atoms with van der Waals surface area (Å²) in [6, 6.07) is 7.81. The van der Waals surface area contributed by atoms with E-state index in [1.54, 1.807) is 0 Å². The molecular weight excluding hydrogens is 220 g/mol. The lowest BCUT2D eigenvalue weighted by Gasteiger charge is -2.28. The Bertz CT molecular complexity index is 373. The number of likely N-dealkylation sites (N-methyl/N-ethyl adjacent to an activating group) is 2. The number of rotatable bonds is 6. The molecule has 0 bridgehead atoms. The Morgan fingerprint density at radius 1 is 1.22 bits per heavy atom.